The van der Waals surface area contributed by atoms with E-state index in [9.17, 15) is 4.79 Å². The van der Waals surface area contributed by atoms with Gasteiger partial charge < -0.3 is 10.0 Å². The highest BCUT2D eigenvalue weighted by Gasteiger charge is 2.03. The fourth-order valence-corrected chi connectivity index (χ4v) is 2.70. The molecule has 0 fully saturated rings. The maximum atomic E-state index is 10.5. The molecule has 2 aromatic rings. The van der Waals surface area contributed by atoms with E-state index < -0.39 is 5.97 Å². The molecular weight excluding hydrogens is 258 g/mol. The molecule has 4 heteroatoms. The summed E-state index contributed by atoms with van der Waals surface area (Å²) in [6.07, 6.45) is 2.79. The summed E-state index contributed by atoms with van der Waals surface area (Å²) < 4.78 is 0. The number of benzene rings is 1. The standard InChI is InChI=1S/C15H15NO2S/c1-16(12-5-3-2-4-6-12)11-14-8-7-13(19-14)9-10-15(17)18/h2-10H,11H2,1H3,(H,17,18)/b10-9+. The number of aliphatic carboxylic acids is 1. The van der Waals surface area contributed by atoms with Crippen LogP contribution in [0.3, 0.4) is 0 Å². The van der Waals surface area contributed by atoms with E-state index in [-0.39, 0.29) is 0 Å². The van der Waals surface area contributed by atoms with E-state index in [1.807, 2.05) is 37.4 Å². The van der Waals surface area contributed by atoms with Gasteiger partial charge in [-0.15, -0.1) is 11.3 Å². The molecule has 1 aromatic carbocycles. The predicted octanol–water partition coefficient (Wildman–Crippen LogP) is 3.48. The predicted molar refractivity (Wildman–Crippen MR) is 79.5 cm³/mol. The number of carboxylic acid groups (broad SMARTS) is 1. The molecule has 2 rings (SSSR count). The SMILES string of the molecule is CN(Cc1ccc(/C=C/C(=O)O)s1)c1ccccc1. The summed E-state index contributed by atoms with van der Waals surface area (Å²) in [5.74, 6) is -0.920. The van der Waals surface area contributed by atoms with Crippen molar-refractivity contribution < 1.29 is 9.90 Å². The molecule has 0 aliphatic carbocycles. The van der Waals surface area contributed by atoms with E-state index in [1.54, 1.807) is 17.4 Å². The fourth-order valence-electron chi connectivity index (χ4n) is 1.73. The van der Waals surface area contributed by atoms with Crippen LogP contribution in [-0.4, -0.2) is 18.1 Å². The molecule has 98 valence electrons. The van der Waals surface area contributed by atoms with Crippen LogP contribution >= 0.6 is 11.3 Å². The number of rotatable bonds is 5. The number of thiophene rings is 1. The van der Waals surface area contributed by atoms with Crippen molar-refractivity contribution in [3.63, 3.8) is 0 Å². The molecule has 0 saturated heterocycles. The monoisotopic (exact) mass is 273 g/mol. The molecule has 19 heavy (non-hydrogen) atoms. The number of carboxylic acids is 1. The Hall–Kier alpha value is -2.07. The average molecular weight is 273 g/mol. The highest BCUT2D eigenvalue weighted by molar-refractivity contribution is 7.12. The van der Waals surface area contributed by atoms with E-state index in [4.69, 9.17) is 5.11 Å². The molecule has 1 aromatic heterocycles. The Morgan fingerprint density at radius 2 is 2.00 bits per heavy atom. The lowest BCUT2D eigenvalue weighted by Gasteiger charge is -2.17. The van der Waals surface area contributed by atoms with E-state index in [1.165, 1.54) is 10.6 Å². The van der Waals surface area contributed by atoms with Gasteiger partial charge in [0.2, 0.25) is 0 Å². The van der Waals surface area contributed by atoms with Gasteiger partial charge in [0.1, 0.15) is 0 Å². The first-order valence-electron chi connectivity index (χ1n) is 5.91. The number of carbonyl (C=O) groups is 1. The second-order valence-corrected chi connectivity index (χ2v) is 5.37. The Balaban J connectivity index is 2.02. The third-order valence-corrected chi connectivity index (χ3v) is 3.70. The first-order chi connectivity index (χ1) is 9.15. The molecule has 0 aliphatic heterocycles. The van der Waals surface area contributed by atoms with Crippen molar-refractivity contribution in [2.45, 2.75) is 6.54 Å². The van der Waals surface area contributed by atoms with Gasteiger partial charge in [-0.3, -0.25) is 0 Å². The molecular formula is C15H15NO2S. The summed E-state index contributed by atoms with van der Waals surface area (Å²) in [5.41, 5.74) is 1.17. The van der Waals surface area contributed by atoms with Crippen LogP contribution in [-0.2, 0) is 11.3 Å². The van der Waals surface area contributed by atoms with E-state index in [2.05, 4.69) is 17.0 Å². The lowest BCUT2D eigenvalue weighted by atomic mass is 10.3. The molecule has 1 N–H and O–H groups in total. The van der Waals surface area contributed by atoms with Crippen LogP contribution in [0.25, 0.3) is 6.08 Å². The van der Waals surface area contributed by atoms with Crippen molar-refractivity contribution in [2.24, 2.45) is 0 Å². The van der Waals surface area contributed by atoms with Gasteiger partial charge in [-0.1, -0.05) is 18.2 Å². The van der Waals surface area contributed by atoms with Crippen molar-refractivity contribution >= 4 is 29.1 Å². The fraction of sp³-hybridized carbons (Fsp3) is 0.133. The Morgan fingerprint density at radius 3 is 2.68 bits per heavy atom. The van der Waals surface area contributed by atoms with Crippen molar-refractivity contribution in [3.05, 3.63) is 58.3 Å². The normalized spacial score (nSPS) is 10.8. The zero-order valence-corrected chi connectivity index (χ0v) is 11.4. The highest BCUT2D eigenvalue weighted by atomic mass is 32.1. The molecule has 1 heterocycles. The molecule has 0 radical (unpaired) electrons. The Bertz CT molecular complexity index is 575. The number of hydrogen-bond acceptors (Lipinski definition) is 3. The molecule has 3 nitrogen and oxygen atoms in total. The molecule has 0 saturated carbocycles. The smallest absolute Gasteiger partial charge is 0.328 e. The van der Waals surface area contributed by atoms with Crippen LogP contribution in [0.2, 0.25) is 0 Å². The van der Waals surface area contributed by atoms with Gasteiger partial charge in [-0.05, 0) is 30.3 Å². The van der Waals surface area contributed by atoms with Crippen LogP contribution in [0, 0.1) is 0 Å². The number of anilines is 1. The minimum Gasteiger partial charge on any atom is -0.478 e. The molecule has 0 amide bonds. The van der Waals surface area contributed by atoms with Gasteiger partial charge >= 0.3 is 5.97 Å². The summed E-state index contributed by atoms with van der Waals surface area (Å²) in [5, 5.41) is 8.59. The van der Waals surface area contributed by atoms with Crippen LogP contribution in [0.4, 0.5) is 5.69 Å². The average Bonchev–Trinajstić information content (AvgIpc) is 2.85. The minimum atomic E-state index is -0.920. The minimum absolute atomic E-state index is 0.815. The maximum Gasteiger partial charge on any atom is 0.328 e. The third kappa shape index (κ3) is 3.96. The number of hydrogen-bond donors (Lipinski definition) is 1. The van der Waals surface area contributed by atoms with Gasteiger partial charge in [0.25, 0.3) is 0 Å². The summed E-state index contributed by atoms with van der Waals surface area (Å²) in [6.45, 7) is 0.815. The third-order valence-electron chi connectivity index (χ3n) is 2.66. The van der Waals surface area contributed by atoms with Crippen LogP contribution in [0.15, 0.2) is 48.5 Å². The van der Waals surface area contributed by atoms with Gasteiger partial charge in [0, 0.05) is 28.6 Å². The van der Waals surface area contributed by atoms with Gasteiger partial charge in [-0.25, -0.2) is 4.79 Å². The first-order valence-corrected chi connectivity index (χ1v) is 6.73. The first kappa shape index (κ1) is 13.4. The highest BCUT2D eigenvalue weighted by Crippen LogP contribution is 2.21. The molecule has 0 atom stereocenters. The Labute approximate surface area is 116 Å². The van der Waals surface area contributed by atoms with Gasteiger partial charge in [-0.2, -0.15) is 0 Å². The van der Waals surface area contributed by atoms with E-state index in [0.717, 1.165) is 17.5 Å². The van der Waals surface area contributed by atoms with Crippen LogP contribution in [0.5, 0.6) is 0 Å². The number of para-hydroxylation sites is 1. The summed E-state index contributed by atoms with van der Waals surface area (Å²) >= 11 is 1.61. The zero-order valence-electron chi connectivity index (χ0n) is 10.6. The second kappa shape index (κ2) is 6.20. The van der Waals surface area contributed by atoms with Crippen molar-refractivity contribution in [1.82, 2.24) is 0 Å². The Kier molecular flexibility index (Phi) is 4.36. The summed E-state index contributed by atoms with van der Waals surface area (Å²) in [6, 6.07) is 14.1. The van der Waals surface area contributed by atoms with E-state index in [0.29, 0.717) is 0 Å². The van der Waals surface area contributed by atoms with Crippen LogP contribution in [0.1, 0.15) is 9.75 Å². The van der Waals surface area contributed by atoms with Crippen molar-refractivity contribution in [1.29, 1.82) is 0 Å². The summed E-state index contributed by atoms with van der Waals surface area (Å²) in [4.78, 5) is 14.8. The molecule has 0 spiro atoms. The molecule has 0 bridgehead atoms. The molecule has 0 unspecified atom stereocenters. The lowest BCUT2D eigenvalue weighted by molar-refractivity contribution is -0.131. The van der Waals surface area contributed by atoms with Gasteiger partial charge in [0.15, 0.2) is 0 Å². The second-order valence-electron chi connectivity index (χ2n) is 4.17. The zero-order chi connectivity index (χ0) is 13.7. The summed E-state index contributed by atoms with van der Waals surface area (Å²) in [7, 11) is 2.04. The Morgan fingerprint density at radius 1 is 1.26 bits per heavy atom. The number of nitrogens with zero attached hydrogens (tertiary/aromatic N) is 1. The topological polar surface area (TPSA) is 40.5 Å². The maximum absolute atomic E-state index is 10.5. The lowest BCUT2D eigenvalue weighted by Crippen LogP contribution is -2.15. The van der Waals surface area contributed by atoms with E-state index >= 15 is 0 Å². The van der Waals surface area contributed by atoms with Gasteiger partial charge in [0.05, 0.1) is 6.54 Å². The van der Waals surface area contributed by atoms with Crippen molar-refractivity contribution in [3.8, 4) is 0 Å². The molecule has 0 aliphatic rings. The quantitative estimate of drug-likeness (QED) is 0.848. The van der Waals surface area contributed by atoms with Crippen molar-refractivity contribution in [2.75, 3.05) is 11.9 Å². The largest absolute Gasteiger partial charge is 0.478 e. The van der Waals surface area contributed by atoms with Crippen LogP contribution < -0.4 is 4.90 Å².